The highest BCUT2D eigenvalue weighted by Gasteiger charge is 2.14. The van der Waals surface area contributed by atoms with Gasteiger partial charge >= 0.3 is 5.97 Å². The van der Waals surface area contributed by atoms with Crippen LogP contribution in [0.1, 0.15) is 21.0 Å². The van der Waals surface area contributed by atoms with Crippen molar-refractivity contribution in [3.63, 3.8) is 0 Å². The Labute approximate surface area is 193 Å². The lowest BCUT2D eigenvalue weighted by Crippen LogP contribution is -2.10. The van der Waals surface area contributed by atoms with Gasteiger partial charge in [-0.2, -0.15) is 5.10 Å². The van der Waals surface area contributed by atoms with Crippen molar-refractivity contribution >= 4 is 28.5 Å². The molecule has 5 rings (SSSR count). The summed E-state index contributed by atoms with van der Waals surface area (Å²) in [7, 11) is 1.60. The summed E-state index contributed by atoms with van der Waals surface area (Å²) in [5.74, 6) is 0.0998. The van der Waals surface area contributed by atoms with Gasteiger partial charge in [0.25, 0.3) is 5.91 Å². The Balaban J connectivity index is 1.29. The number of nitrogens with one attached hydrogen (secondary N) is 2. The van der Waals surface area contributed by atoms with E-state index in [1.165, 1.54) is 0 Å². The van der Waals surface area contributed by atoms with Crippen LogP contribution in [0.4, 0.5) is 5.69 Å². The molecule has 0 saturated carbocycles. The smallest absolute Gasteiger partial charge is 0.357 e. The number of furan rings is 1. The molecule has 5 aromatic rings. The van der Waals surface area contributed by atoms with Gasteiger partial charge in [0.2, 0.25) is 0 Å². The number of aromatic nitrogens is 2. The Morgan fingerprint density at radius 3 is 2.32 bits per heavy atom. The molecule has 0 aliphatic rings. The number of carbonyl (C=O) groups is 2. The number of fused-ring (bicyclic) bond motifs is 1. The quantitative estimate of drug-likeness (QED) is 0.315. The Bertz CT molecular complexity index is 1500. The molecule has 8 nitrogen and oxygen atoms in total. The summed E-state index contributed by atoms with van der Waals surface area (Å²) in [6.07, 6.45) is 0. The number of benzene rings is 3. The third kappa shape index (κ3) is 4.00. The highest BCUT2D eigenvalue weighted by molar-refractivity contribution is 6.03. The number of amides is 1. The number of hydrogen-bond donors (Lipinski definition) is 3. The second-order valence-electron chi connectivity index (χ2n) is 7.56. The SMILES string of the molecule is COc1ccc(-c2ccc(C(=O)Nc3ccc(-c4ccc5c(C(=O)O)n[nH]c5c4)cc3)o2)cc1. The number of nitrogens with zero attached hydrogens (tertiary/aromatic N) is 1. The Morgan fingerprint density at radius 2 is 1.62 bits per heavy atom. The monoisotopic (exact) mass is 453 g/mol. The van der Waals surface area contributed by atoms with Crippen LogP contribution in [0.25, 0.3) is 33.4 Å². The molecule has 0 bridgehead atoms. The normalized spacial score (nSPS) is 10.9. The lowest BCUT2D eigenvalue weighted by atomic mass is 10.0. The zero-order chi connectivity index (χ0) is 23.7. The summed E-state index contributed by atoms with van der Waals surface area (Å²) in [5, 5.41) is 19.2. The van der Waals surface area contributed by atoms with E-state index in [0.29, 0.717) is 22.4 Å². The molecule has 34 heavy (non-hydrogen) atoms. The predicted octanol–water partition coefficient (Wildman–Crippen LogP) is 5.45. The van der Waals surface area contributed by atoms with Crippen molar-refractivity contribution in [3.05, 3.63) is 90.3 Å². The number of aromatic amines is 1. The number of methoxy groups -OCH3 is 1. The molecule has 0 saturated heterocycles. The first-order chi connectivity index (χ1) is 16.5. The fourth-order valence-corrected chi connectivity index (χ4v) is 3.67. The molecule has 2 heterocycles. The van der Waals surface area contributed by atoms with E-state index < -0.39 is 5.97 Å². The summed E-state index contributed by atoms with van der Waals surface area (Å²) in [6, 6.07) is 23.5. The number of anilines is 1. The molecule has 0 radical (unpaired) electrons. The maximum atomic E-state index is 12.6. The molecule has 3 N–H and O–H groups in total. The van der Waals surface area contributed by atoms with Gasteiger partial charge < -0.3 is 19.6 Å². The van der Waals surface area contributed by atoms with Gasteiger partial charge in [-0.15, -0.1) is 0 Å². The molecular weight excluding hydrogens is 434 g/mol. The van der Waals surface area contributed by atoms with E-state index in [1.807, 2.05) is 48.5 Å². The maximum Gasteiger partial charge on any atom is 0.357 e. The lowest BCUT2D eigenvalue weighted by molar-refractivity contribution is 0.0692. The molecule has 0 aliphatic heterocycles. The van der Waals surface area contributed by atoms with Crippen LogP contribution >= 0.6 is 0 Å². The number of H-pyrrole nitrogens is 1. The van der Waals surface area contributed by atoms with Crippen molar-refractivity contribution in [2.75, 3.05) is 12.4 Å². The van der Waals surface area contributed by atoms with Crippen LogP contribution in [0.15, 0.2) is 83.3 Å². The summed E-state index contributed by atoms with van der Waals surface area (Å²) in [4.78, 5) is 23.9. The summed E-state index contributed by atoms with van der Waals surface area (Å²) >= 11 is 0. The van der Waals surface area contributed by atoms with E-state index in [1.54, 1.807) is 37.4 Å². The zero-order valence-corrected chi connectivity index (χ0v) is 18.0. The third-order valence-corrected chi connectivity index (χ3v) is 5.45. The summed E-state index contributed by atoms with van der Waals surface area (Å²) in [6.45, 7) is 0. The first-order valence-corrected chi connectivity index (χ1v) is 10.4. The van der Waals surface area contributed by atoms with E-state index >= 15 is 0 Å². The number of ether oxygens (including phenoxy) is 1. The Hall–Kier alpha value is -4.85. The van der Waals surface area contributed by atoms with Crippen molar-refractivity contribution in [2.45, 2.75) is 0 Å². The fraction of sp³-hybridized carbons (Fsp3) is 0.0385. The first-order valence-electron chi connectivity index (χ1n) is 10.4. The Morgan fingerprint density at radius 1 is 0.912 bits per heavy atom. The Kier molecular flexibility index (Phi) is 5.31. The van der Waals surface area contributed by atoms with Crippen molar-refractivity contribution in [2.24, 2.45) is 0 Å². The average Bonchev–Trinajstić information content (AvgIpc) is 3.52. The van der Waals surface area contributed by atoms with Crippen molar-refractivity contribution < 1.29 is 23.8 Å². The van der Waals surface area contributed by atoms with Gasteiger partial charge in [-0.05, 0) is 71.8 Å². The van der Waals surface area contributed by atoms with E-state index in [-0.39, 0.29) is 17.4 Å². The minimum absolute atomic E-state index is 0.00677. The second-order valence-corrected chi connectivity index (χ2v) is 7.56. The molecule has 3 aromatic carbocycles. The van der Waals surface area contributed by atoms with Crippen LogP contribution in [-0.2, 0) is 0 Å². The standard InChI is InChI=1S/C26H19N3O5/c1-33-19-9-4-16(5-10-19)22-12-13-23(34-22)25(30)27-18-7-2-15(3-8-18)17-6-11-20-21(14-17)28-29-24(20)26(31)32/h2-14H,1H3,(H,27,30)(H,28,29)(H,31,32). The minimum atomic E-state index is -1.08. The predicted molar refractivity (Wildman–Crippen MR) is 127 cm³/mol. The molecule has 8 heteroatoms. The molecule has 0 unspecified atom stereocenters. The maximum absolute atomic E-state index is 12.6. The van der Waals surface area contributed by atoms with Gasteiger partial charge in [0.15, 0.2) is 11.5 Å². The number of rotatable bonds is 6. The molecular formula is C26H19N3O5. The van der Waals surface area contributed by atoms with Crippen LogP contribution in [0.5, 0.6) is 5.75 Å². The van der Waals surface area contributed by atoms with Gasteiger partial charge in [0.05, 0.1) is 12.6 Å². The topological polar surface area (TPSA) is 117 Å². The number of carboxylic acids is 1. The molecule has 2 aromatic heterocycles. The van der Waals surface area contributed by atoms with Gasteiger partial charge in [-0.1, -0.05) is 18.2 Å². The van der Waals surface area contributed by atoms with E-state index in [0.717, 1.165) is 22.4 Å². The van der Waals surface area contributed by atoms with Crippen LogP contribution < -0.4 is 10.1 Å². The summed E-state index contributed by atoms with van der Waals surface area (Å²) < 4.78 is 10.9. The zero-order valence-electron chi connectivity index (χ0n) is 18.0. The van der Waals surface area contributed by atoms with Crippen LogP contribution in [0.3, 0.4) is 0 Å². The number of hydrogen-bond acceptors (Lipinski definition) is 5. The van der Waals surface area contributed by atoms with Gasteiger partial charge in [0, 0.05) is 16.6 Å². The van der Waals surface area contributed by atoms with Crippen molar-refractivity contribution in [1.82, 2.24) is 10.2 Å². The number of carbonyl (C=O) groups excluding carboxylic acids is 1. The first kappa shape index (κ1) is 21.0. The largest absolute Gasteiger partial charge is 0.497 e. The van der Waals surface area contributed by atoms with Gasteiger partial charge in [-0.25, -0.2) is 4.79 Å². The second kappa shape index (κ2) is 8.59. The molecule has 1 amide bonds. The van der Waals surface area contributed by atoms with Gasteiger partial charge in [-0.3, -0.25) is 9.89 Å². The minimum Gasteiger partial charge on any atom is -0.497 e. The van der Waals surface area contributed by atoms with Gasteiger partial charge in [0.1, 0.15) is 11.5 Å². The van der Waals surface area contributed by atoms with Crippen LogP contribution in [0, 0.1) is 0 Å². The average molecular weight is 453 g/mol. The molecule has 0 spiro atoms. The molecule has 0 atom stereocenters. The van der Waals surface area contributed by atoms with Crippen molar-refractivity contribution in [3.8, 4) is 28.2 Å². The van der Waals surface area contributed by atoms with E-state index in [2.05, 4.69) is 15.5 Å². The van der Waals surface area contributed by atoms with E-state index in [9.17, 15) is 14.7 Å². The molecule has 168 valence electrons. The van der Waals surface area contributed by atoms with Crippen LogP contribution in [0.2, 0.25) is 0 Å². The van der Waals surface area contributed by atoms with E-state index in [4.69, 9.17) is 9.15 Å². The number of carboxylic acid groups (broad SMARTS) is 1. The van der Waals surface area contributed by atoms with Crippen molar-refractivity contribution in [1.29, 1.82) is 0 Å². The summed E-state index contributed by atoms with van der Waals surface area (Å²) in [5.41, 5.74) is 3.89. The lowest BCUT2D eigenvalue weighted by Gasteiger charge is -2.06. The highest BCUT2D eigenvalue weighted by Crippen LogP contribution is 2.27. The highest BCUT2D eigenvalue weighted by atomic mass is 16.5. The molecule has 0 fully saturated rings. The fourth-order valence-electron chi connectivity index (χ4n) is 3.67. The third-order valence-electron chi connectivity index (χ3n) is 5.45. The number of aromatic carboxylic acids is 1. The molecule has 0 aliphatic carbocycles. The van der Waals surface area contributed by atoms with Crippen LogP contribution in [-0.4, -0.2) is 34.3 Å².